The zero-order valence-corrected chi connectivity index (χ0v) is 28.7. The molecule has 3 heterocycles. The van der Waals surface area contributed by atoms with Crippen molar-refractivity contribution < 1.29 is 14.2 Å². The zero-order valence-electron chi connectivity index (χ0n) is 28.7. The third-order valence-electron chi connectivity index (χ3n) is 7.52. The number of allylic oxidation sites excluding steroid dienone is 5. The summed E-state index contributed by atoms with van der Waals surface area (Å²) >= 11 is 0. The van der Waals surface area contributed by atoms with Crippen LogP contribution in [0.25, 0.3) is 5.70 Å². The lowest BCUT2D eigenvalue weighted by Crippen LogP contribution is -2.29. The highest BCUT2D eigenvalue weighted by molar-refractivity contribution is 5.54. The number of aromatic nitrogens is 6. The summed E-state index contributed by atoms with van der Waals surface area (Å²) in [7, 11) is 3.92. The van der Waals surface area contributed by atoms with E-state index in [1.165, 1.54) is 20.4 Å². The van der Waals surface area contributed by atoms with E-state index in [1.807, 2.05) is 79.4 Å². The Morgan fingerprint density at radius 1 is 0.958 bits per heavy atom. The van der Waals surface area contributed by atoms with E-state index in [0.717, 1.165) is 24.2 Å². The van der Waals surface area contributed by atoms with E-state index in [9.17, 15) is 4.79 Å². The average molecular weight is 659 g/mol. The molecule has 3 atom stereocenters. The van der Waals surface area contributed by atoms with Crippen molar-refractivity contribution in [3.05, 3.63) is 133 Å². The molecule has 0 N–H and O–H groups in total. The maximum absolute atomic E-state index is 12.7. The van der Waals surface area contributed by atoms with E-state index in [-0.39, 0.29) is 17.8 Å². The van der Waals surface area contributed by atoms with Crippen LogP contribution in [-0.2, 0) is 20.8 Å². The molecule has 12 nitrogen and oxygen atoms in total. The molecule has 1 saturated heterocycles. The lowest BCUT2D eigenvalue weighted by atomic mass is 10.2. The molecule has 48 heavy (non-hydrogen) atoms. The fourth-order valence-electron chi connectivity index (χ4n) is 4.45. The fraction of sp³-hybridized carbons (Fsp3) is 0.389. The number of benzene rings is 1. The largest absolute Gasteiger partial charge is 0.491 e. The van der Waals surface area contributed by atoms with Gasteiger partial charge in [-0.1, -0.05) is 76.1 Å². The van der Waals surface area contributed by atoms with Crippen molar-refractivity contribution in [3.8, 4) is 0 Å². The quantitative estimate of drug-likeness (QED) is 0.136. The van der Waals surface area contributed by atoms with E-state index in [0.29, 0.717) is 44.3 Å². The summed E-state index contributed by atoms with van der Waals surface area (Å²) in [5.41, 5.74) is 1.93. The molecule has 1 aliphatic rings. The molecule has 4 rings (SSSR count). The molecule has 1 aliphatic heterocycles. The second kappa shape index (κ2) is 19.7. The van der Waals surface area contributed by atoms with Crippen molar-refractivity contribution in [2.75, 3.05) is 40.4 Å². The van der Waals surface area contributed by atoms with Crippen molar-refractivity contribution in [2.45, 2.75) is 51.7 Å². The van der Waals surface area contributed by atoms with Crippen molar-refractivity contribution >= 4 is 5.70 Å². The van der Waals surface area contributed by atoms with Crippen LogP contribution in [0.2, 0.25) is 0 Å². The molecule has 3 unspecified atom stereocenters. The van der Waals surface area contributed by atoms with Crippen LogP contribution < -0.4 is 5.69 Å². The zero-order chi connectivity index (χ0) is 34.9. The second-order valence-electron chi connectivity index (χ2n) is 11.4. The SMILES string of the molecule is C=C(/C=C\C(=C)N(C)CCN(C)C(=C)/C=C\C(=C)n1cnn(C(C)CCC)c1=O)OCC1COC(Cn2nccn2)O1.c1ccccc1. The average Bonchev–Trinajstić information content (AvgIpc) is 3.87. The van der Waals surface area contributed by atoms with Gasteiger partial charge in [0.2, 0.25) is 0 Å². The molecule has 0 aliphatic carbocycles. The Morgan fingerprint density at radius 2 is 1.54 bits per heavy atom. The molecule has 2 aromatic heterocycles. The van der Waals surface area contributed by atoms with E-state index in [4.69, 9.17) is 14.2 Å². The lowest BCUT2D eigenvalue weighted by Gasteiger charge is -2.25. The highest BCUT2D eigenvalue weighted by Crippen LogP contribution is 2.15. The van der Waals surface area contributed by atoms with Crippen LogP contribution in [-0.4, -0.2) is 91.9 Å². The van der Waals surface area contributed by atoms with Gasteiger partial charge >= 0.3 is 5.69 Å². The number of likely N-dealkylation sites (N-methyl/N-ethyl adjacent to an activating group) is 2. The predicted molar refractivity (Wildman–Crippen MR) is 189 cm³/mol. The summed E-state index contributed by atoms with van der Waals surface area (Å²) in [5, 5.41) is 12.4. The Bertz CT molecular complexity index is 1530. The smallest absolute Gasteiger partial charge is 0.350 e. The maximum atomic E-state index is 12.7. The molecule has 0 saturated carbocycles. The van der Waals surface area contributed by atoms with Gasteiger partial charge < -0.3 is 24.0 Å². The fourth-order valence-corrected chi connectivity index (χ4v) is 4.45. The molecule has 0 amide bonds. The van der Waals surface area contributed by atoms with Crippen LogP contribution in [0.15, 0.2) is 128 Å². The van der Waals surface area contributed by atoms with E-state index >= 15 is 0 Å². The molecule has 3 aromatic rings. The molecule has 0 bridgehead atoms. The third kappa shape index (κ3) is 12.3. The van der Waals surface area contributed by atoms with Gasteiger partial charge in [0.1, 0.15) is 31.3 Å². The maximum Gasteiger partial charge on any atom is 0.350 e. The third-order valence-corrected chi connectivity index (χ3v) is 7.52. The first kappa shape index (κ1) is 37.5. The molecule has 0 radical (unpaired) electrons. The summed E-state index contributed by atoms with van der Waals surface area (Å²) in [6.45, 7) is 22.9. The van der Waals surface area contributed by atoms with Gasteiger partial charge in [-0.05, 0) is 37.6 Å². The minimum absolute atomic E-state index is 0.0422. The van der Waals surface area contributed by atoms with Gasteiger partial charge in [-0.15, -0.1) is 0 Å². The Kier molecular flexibility index (Phi) is 15.4. The molecule has 258 valence electrons. The Labute approximate surface area is 284 Å². The van der Waals surface area contributed by atoms with Crippen LogP contribution in [0.4, 0.5) is 0 Å². The normalized spacial score (nSPS) is 16.3. The lowest BCUT2D eigenvalue weighted by molar-refractivity contribution is -0.0793. The van der Waals surface area contributed by atoms with E-state index < -0.39 is 6.29 Å². The molecule has 1 aromatic carbocycles. The predicted octanol–water partition coefficient (Wildman–Crippen LogP) is 5.13. The number of hydrogen-bond donors (Lipinski definition) is 0. The standard InChI is InChI=1S/C30H44N8O4.C6H6/c1-9-10-26(5)38-30(39)36(22-33-38)25(4)12-11-23(2)34(7)17-18-35(8)24(3)13-14-27(6)40-20-28-21-41-29(42-28)19-37-31-15-16-32-37;1-2-4-6-5-3-1/h11-16,22,26,28-29H,2-4,6,9-10,17-21H2,1,5,7-8H3;1-6H/b12-11-,14-13-;. The summed E-state index contributed by atoms with van der Waals surface area (Å²) in [5.74, 6) is 0.505. The number of hydrogen-bond acceptors (Lipinski definition) is 9. The van der Waals surface area contributed by atoms with E-state index in [1.54, 1.807) is 24.5 Å². The molecule has 12 heteroatoms. The molecule has 0 spiro atoms. The minimum atomic E-state index is -0.402. The van der Waals surface area contributed by atoms with Crippen LogP contribution in [0, 0.1) is 0 Å². The Balaban J connectivity index is 0.000000935. The van der Waals surface area contributed by atoms with Crippen molar-refractivity contribution in [2.24, 2.45) is 0 Å². The van der Waals surface area contributed by atoms with Crippen LogP contribution in [0.1, 0.15) is 32.7 Å². The second-order valence-corrected chi connectivity index (χ2v) is 11.4. The van der Waals surface area contributed by atoms with Crippen molar-refractivity contribution in [1.29, 1.82) is 0 Å². The first-order valence-electron chi connectivity index (χ1n) is 16.0. The van der Waals surface area contributed by atoms with Gasteiger partial charge in [-0.2, -0.15) is 20.1 Å². The molecule has 1 fully saturated rings. The monoisotopic (exact) mass is 658 g/mol. The van der Waals surface area contributed by atoms with Crippen molar-refractivity contribution in [3.63, 3.8) is 0 Å². The van der Waals surface area contributed by atoms with Gasteiger partial charge in [-0.25, -0.2) is 9.48 Å². The van der Waals surface area contributed by atoms with Gasteiger partial charge in [0.05, 0.1) is 25.0 Å². The summed E-state index contributed by atoms with van der Waals surface area (Å²) < 4.78 is 20.1. The van der Waals surface area contributed by atoms with Gasteiger partial charge in [-0.3, -0.25) is 4.57 Å². The first-order chi connectivity index (χ1) is 23.1. The van der Waals surface area contributed by atoms with Gasteiger partial charge in [0.15, 0.2) is 6.29 Å². The first-order valence-corrected chi connectivity index (χ1v) is 16.0. The van der Waals surface area contributed by atoms with Crippen LogP contribution in [0.5, 0.6) is 0 Å². The Hall–Kier alpha value is -4.94. The number of rotatable bonds is 18. The van der Waals surface area contributed by atoms with Gasteiger partial charge in [0.25, 0.3) is 0 Å². The topological polar surface area (TPSA) is 105 Å². The highest BCUT2D eigenvalue weighted by Gasteiger charge is 2.27. The summed E-state index contributed by atoms with van der Waals surface area (Å²) in [6, 6.07) is 12.0. The minimum Gasteiger partial charge on any atom is -0.491 e. The highest BCUT2D eigenvalue weighted by atomic mass is 16.7. The molecular weight excluding hydrogens is 608 g/mol. The number of ether oxygens (including phenoxy) is 3. The van der Waals surface area contributed by atoms with Crippen molar-refractivity contribution in [1.82, 2.24) is 39.1 Å². The summed E-state index contributed by atoms with van der Waals surface area (Å²) in [6.07, 6.45) is 13.3. The van der Waals surface area contributed by atoms with Gasteiger partial charge in [0, 0.05) is 44.3 Å². The van der Waals surface area contributed by atoms with Crippen LogP contribution >= 0.6 is 0 Å². The Morgan fingerprint density at radius 3 is 2.12 bits per heavy atom. The van der Waals surface area contributed by atoms with Crippen LogP contribution in [0.3, 0.4) is 0 Å². The number of nitrogens with zero attached hydrogens (tertiary/aromatic N) is 8. The van der Waals surface area contributed by atoms with E-state index in [2.05, 4.69) is 48.5 Å². The molecular formula is C36H50N8O4. The summed E-state index contributed by atoms with van der Waals surface area (Å²) in [4.78, 5) is 18.3.